The van der Waals surface area contributed by atoms with Gasteiger partial charge in [-0.3, -0.25) is 10.1 Å². The molecule has 0 bridgehead atoms. The molecule has 1 heterocycles. The maximum Gasteiger partial charge on any atom is 0.257 e. The summed E-state index contributed by atoms with van der Waals surface area (Å²) in [4.78, 5) is 16.9. The first kappa shape index (κ1) is 18.5. The van der Waals surface area contributed by atoms with Crippen LogP contribution in [0.25, 0.3) is 10.2 Å². The minimum atomic E-state index is -3.33. The summed E-state index contributed by atoms with van der Waals surface area (Å²) in [6, 6.07) is 10.1. The van der Waals surface area contributed by atoms with Gasteiger partial charge in [0.05, 0.1) is 20.0 Å². The van der Waals surface area contributed by atoms with E-state index in [0.717, 1.165) is 23.8 Å². The molecular formula is C16H14N2O5S3. The lowest BCUT2D eigenvalue weighted by molar-refractivity contribution is 0.102. The van der Waals surface area contributed by atoms with Crippen LogP contribution in [0.15, 0.2) is 52.3 Å². The van der Waals surface area contributed by atoms with Gasteiger partial charge in [-0.1, -0.05) is 11.3 Å². The van der Waals surface area contributed by atoms with Crippen LogP contribution in [0.4, 0.5) is 5.13 Å². The first-order valence-electron chi connectivity index (χ1n) is 7.26. The quantitative estimate of drug-likeness (QED) is 0.707. The third-order valence-electron chi connectivity index (χ3n) is 3.55. The lowest BCUT2D eigenvalue weighted by Crippen LogP contribution is -2.11. The van der Waals surface area contributed by atoms with E-state index in [4.69, 9.17) is 0 Å². The minimum Gasteiger partial charge on any atom is -0.298 e. The fourth-order valence-corrected chi connectivity index (χ4v) is 4.46. The number of fused-ring (bicyclic) bond motifs is 1. The zero-order valence-electron chi connectivity index (χ0n) is 13.8. The number of benzene rings is 2. The van der Waals surface area contributed by atoms with Gasteiger partial charge in [-0.25, -0.2) is 21.8 Å². The first-order chi connectivity index (χ1) is 12.0. The molecular weight excluding hydrogens is 396 g/mol. The highest BCUT2D eigenvalue weighted by molar-refractivity contribution is 7.91. The molecule has 0 spiro atoms. The zero-order chi connectivity index (χ0) is 19.1. The van der Waals surface area contributed by atoms with E-state index in [1.807, 2.05) is 0 Å². The van der Waals surface area contributed by atoms with E-state index in [1.54, 1.807) is 6.07 Å². The molecule has 0 saturated heterocycles. The molecule has 10 heteroatoms. The fraction of sp³-hybridized carbons (Fsp3) is 0.125. The van der Waals surface area contributed by atoms with Crippen LogP contribution in [-0.2, 0) is 19.7 Å². The minimum absolute atomic E-state index is 0.127. The van der Waals surface area contributed by atoms with Gasteiger partial charge in [-0.15, -0.1) is 0 Å². The number of hydrogen-bond acceptors (Lipinski definition) is 7. The van der Waals surface area contributed by atoms with Crippen molar-refractivity contribution in [1.82, 2.24) is 4.98 Å². The molecule has 2 aromatic carbocycles. The maximum atomic E-state index is 12.3. The molecule has 136 valence electrons. The van der Waals surface area contributed by atoms with Crippen molar-refractivity contribution in [3.63, 3.8) is 0 Å². The summed E-state index contributed by atoms with van der Waals surface area (Å²) in [5.74, 6) is -0.438. The summed E-state index contributed by atoms with van der Waals surface area (Å²) in [5, 5.41) is 2.96. The number of hydrogen-bond donors (Lipinski definition) is 1. The molecule has 0 aliphatic rings. The number of sulfone groups is 2. The number of carbonyl (C=O) groups excluding carboxylic acids is 1. The number of anilines is 1. The summed E-state index contributed by atoms with van der Waals surface area (Å²) in [6.07, 6.45) is 2.21. The van der Waals surface area contributed by atoms with Crippen LogP contribution in [0.2, 0.25) is 0 Å². The van der Waals surface area contributed by atoms with Crippen LogP contribution < -0.4 is 5.32 Å². The molecule has 7 nitrogen and oxygen atoms in total. The largest absolute Gasteiger partial charge is 0.298 e. The van der Waals surface area contributed by atoms with Crippen LogP contribution in [0.3, 0.4) is 0 Å². The van der Waals surface area contributed by atoms with E-state index >= 15 is 0 Å². The number of nitrogens with zero attached hydrogens (tertiary/aromatic N) is 1. The monoisotopic (exact) mass is 410 g/mol. The van der Waals surface area contributed by atoms with E-state index in [1.165, 1.54) is 36.4 Å². The highest BCUT2D eigenvalue weighted by Crippen LogP contribution is 2.28. The van der Waals surface area contributed by atoms with Crippen molar-refractivity contribution in [1.29, 1.82) is 0 Å². The van der Waals surface area contributed by atoms with Crippen molar-refractivity contribution in [3.05, 3.63) is 48.0 Å². The predicted molar refractivity (Wildman–Crippen MR) is 100 cm³/mol. The standard InChI is InChI=1S/C16H14N2O5S3/c1-25(20,21)11-5-3-10(4-6-11)15(19)18-16-17-13-8-7-12(26(2,22)23)9-14(13)24-16/h3-9H,1-2H3,(H,17,18,19). The molecule has 0 unspecified atom stereocenters. The normalized spacial score (nSPS) is 12.2. The average Bonchev–Trinajstić information content (AvgIpc) is 2.94. The number of rotatable bonds is 4. The van der Waals surface area contributed by atoms with Crippen molar-refractivity contribution in [2.45, 2.75) is 9.79 Å². The van der Waals surface area contributed by atoms with Crippen LogP contribution in [-0.4, -0.2) is 40.2 Å². The molecule has 3 aromatic rings. The maximum absolute atomic E-state index is 12.3. The first-order valence-corrected chi connectivity index (χ1v) is 11.9. The third kappa shape index (κ3) is 3.92. The summed E-state index contributed by atoms with van der Waals surface area (Å²) in [5.41, 5.74) is 0.860. The molecule has 0 atom stereocenters. The molecule has 0 aliphatic heterocycles. The van der Waals surface area contributed by atoms with Gasteiger partial charge in [0, 0.05) is 18.1 Å². The second-order valence-electron chi connectivity index (χ2n) is 5.67. The van der Waals surface area contributed by atoms with Crippen molar-refractivity contribution >= 4 is 52.3 Å². The van der Waals surface area contributed by atoms with Gasteiger partial charge in [0.2, 0.25) is 0 Å². The van der Waals surface area contributed by atoms with Crippen LogP contribution in [0, 0.1) is 0 Å². The lowest BCUT2D eigenvalue weighted by Gasteiger charge is -2.03. The second kappa shape index (κ2) is 6.45. The second-order valence-corrected chi connectivity index (χ2v) is 10.7. The SMILES string of the molecule is CS(=O)(=O)c1ccc(C(=O)Nc2nc3ccc(S(C)(=O)=O)cc3s2)cc1. The molecule has 0 radical (unpaired) electrons. The van der Waals surface area contributed by atoms with Crippen LogP contribution in [0.5, 0.6) is 0 Å². The lowest BCUT2D eigenvalue weighted by atomic mass is 10.2. The molecule has 1 amide bonds. The molecule has 0 saturated carbocycles. The van der Waals surface area contributed by atoms with E-state index < -0.39 is 25.6 Å². The van der Waals surface area contributed by atoms with E-state index in [0.29, 0.717) is 15.3 Å². The van der Waals surface area contributed by atoms with Gasteiger partial charge in [-0.05, 0) is 42.5 Å². The fourth-order valence-electron chi connectivity index (χ4n) is 2.21. The van der Waals surface area contributed by atoms with Gasteiger partial charge in [0.25, 0.3) is 5.91 Å². The summed E-state index contributed by atoms with van der Waals surface area (Å²) in [6.45, 7) is 0. The Morgan fingerprint density at radius 1 is 0.923 bits per heavy atom. The number of amides is 1. The highest BCUT2D eigenvalue weighted by atomic mass is 32.2. The number of aromatic nitrogens is 1. The van der Waals surface area contributed by atoms with Crippen molar-refractivity contribution in [2.24, 2.45) is 0 Å². The predicted octanol–water partition coefficient (Wildman–Crippen LogP) is 2.36. The summed E-state index contributed by atoms with van der Waals surface area (Å²) < 4.78 is 46.8. The number of thiazole rings is 1. The Bertz CT molecular complexity index is 1210. The van der Waals surface area contributed by atoms with Crippen molar-refractivity contribution < 1.29 is 21.6 Å². The molecule has 26 heavy (non-hydrogen) atoms. The number of carbonyl (C=O) groups is 1. The van der Waals surface area contributed by atoms with Gasteiger partial charge in [-0.2, -0.15) is 0 Å². The van der Waals surface area contributed by atoms with E-state index in [2.05, 4.69) is 10.3 Å². The highest BCUT2D eigenvalue weighted by Gasteiger charge is 2.14. The topological polar surface area (TPSA) is 110 Å². The van der Waals surface area contributed by atoms with Gasteiger partial charge in [0.15, 0.2) is 24.8 Å². The third-order valence-corrected chi connectivity index (χ3v) is 6.73. The van der Waals surface area contributed by atoms with Gasteiger partial charge >= 0.3 is 0 Å². The Kier molecular flexibility index (Phi) is 4.59. The summed E-state index contributed by atoms with van der Waals surface area (Å²) >= 11 is 1.15. The average molecular weight is 410 g/mol. The van der Waals surface area contributed by atoms with Crippen molar-refractivity contribution in [3.8, 4) is 0 Å². The molecule has 0 fully saturated rings. The van der Waals surface area contributed by atoms with E-state index in [-0.39, 0.29) is 15.4 Å². The number of nitrogens with one attached hydrogen (secondary N) is 1. The molecule has 1 N–H and O–H groups in total. The van der Waals surface area contributed by atoms with Crippen molar-refractivity contribution in [2.75, 3.05) is 17.8 Å². The Morgan fingerprint density at radius 2 is 1.50 bits per heavy atom. The summed E-state index contributed by atoms with van der Waals surface area (Å²) in [7, 11) is -6.65. The van der Waals surface area contributed by atoms with Gasteiger partial charge in [0.1, 0.15) is 0 Å². The molecule has 0 aliphatic carbocycles. The zero-order valence-corrected chi connectivity index (χ0v) is 16.2. The van der Waals surface area contributed by atoms with Crippen LogP contribution >= 0.6 is 11.3 Å². The van der Waals surface area contributed by atoms with Crippen LogP contribution in [0.1, 0.15) is 10.4 Å². The smallest absolute Gasteiger partial charge is 0.257 e. The van der Waals surface area contributed by atoms with E-state index in [9.17, 15) is 21.6 Å². The Balaban J connectivity index is 1.85. The Hall–Kier alpha value is -2.30. The Morgan fingerprint density at radius 3 is 2.08 bits per heavy atom. The molecule has 1 aromatic heterocycles. The Labute approximate surface area is 154 Å². The van der Waals surface area contributed by atoms with Gasteiger partial charge < -0.3 is 0 Å². The molecule has 3 rings (SSSR count).